The normalized spacial score (nSPS) is 11.0. The molecule has 158 valence electrons. The molecule has 0 bridgehead atoms. The molecule has 0 saturated heterocycles. The van der Waals surface area contributed by atoms with Crippen molar-refractivity contribution in [2.75, 3.05) is 11.5 Å². The maximum Gasteiger partial charge on any atom is 0.181 e. The minimum Gasteiger partial charge on any atom is -0.443 e. The first-order chi connectivity index (χ1) is 15.5. The van der Waals surface area contributed by atoms with Gasteiger partial charge in [0.15, 0.2) is 12.2 Å². The first-order valence-corrected chi connectivity index (χ1v) is 9.46. The number of rotatable bonds is 5. The molecule has 0 radical (unpaired) electrons. The Morgan fingerprint density at radius 1 is 1.19 bits per heavy atom. The van der Waals surface area contributed by atoms with E-state index in [1.165, 1.54) is 24.7 Å². The molecule has 0 aliphatic rings. The van der Waals surface area contributed by atoms with Crippen LogP contribution in [0, 0.1) is 24.1 Å². The van der Waals surface area contributed by atoms with Gasteiger partial charge in [0.25, 0.3) is 0 Å². The van der Waals surface area contributed by atoms with Crippen molar-refractivity contribution in [3.8, 4) is 28.7 Å². The van der Waals surface area contributed by atoms with E-state index < -0.39 is 5.82 Å². The third-order valence-corrected chi connectivity index (χ3v) is 4.70. The van der Waals surface area contributed by atoms with Crippen molar-refractivity contribution in [2.45, 2.75) is 13.5 Å². The van der Waals surface area contributed by atoms with Crippen molar-refractivity contribution in [2.24, 2.45) is 10.2 Å². The molecular formula is C22H17FN8O. The first kappa shape index (κ1) is 20.6. The summed E-state index contributed by atoms with van der Waals surface area (Å²) in [5.74, 6) is -0.0882. The number of aromatic nitrogens is 3. The highest BCUT2D eigenvalue weighted by molar-refractivity contribution is 5.95. The van der Waals surface area contributed by atoms with E-state index in [1.807, 2.05) is 0 Å². The molecule has 3 heterocycles. The Morgan fingerprint density at radius 2 is 2.03 bits per heavy atom. The third-order valence-electron chi connectivity index (χ3n) is 4.70. The van der Waals surface area contributed by atoms with Gasteiger partial charge in [-0.2, -0.15) is 15.5 Å². The Kier molecular flexibility index (Phi) is 5.55. The fraction of sp³-hybridized carbons (Fsp3) is 0.0909. The monoisotopic (exact) mass is 428 g/mol. The summed E-state index contributed by atoms with van der Waals surface area (Å²) in [6, 6.07) is 11.7. The second kappa shape index (κ2) is 8.61. The summed E-state index contributed by atoms with van der Waals surface area (Å²) in [5, 5.41) is 17.6. The van der Waals surface area contributed by atoms with Crippen molar-refractivity contribution < 1.29 is 8.81 Å². The molecule has 3 aromatic heterocycles. The van der Waals surface area contributed by atoms with E-state index in [0.717, 1.165) is 0 Å². The Labute approximate surface area is 182 Å². The van der Waals surface area contributed by atoms with Crippen LogP contribution in [-0.2, 0) is 6.54 Å². The molecule has 32 heavy (non-hydrogen) atoms. The van der Waals surface area contributed by atoms with Crippen LogP contribution in [0.15, 0.2) is 63.6 Å². The molecule has 0 fully saturated rings. The average molecular weight is 428 g/mol. The summed E-state index contributed by atoms with van der Waals surface area (Å²) in [7, 11) is 0. The van der Waals surface area contributed by atoms with E-state index in [1.54, 1.807) is 31.2 Å². The number of nitrogens with two attached hydrogens (primary N) is 2. The molecule has 1 aromatic carbocycles. The maximum atomic E-state index is 13.9. The van der Waals surface area contributed by atoms with E-state index >= 15 is 0 Å². The predicted molar refractivity (Wildman–Crippen MR) is 116 cm³/mol. The molecule has 0 aliphatic carbocycles. The summed E-state index contributed by atoms with van der Waals surface area (Å²) in [6.07, 6.45) is 2.76. The van der Waals surface area contributed by atoms with E-state index in [2.05, 4.69) is 31.2 Å². The van der Waals surface area contributed by atoms with Gasteiger partial charge >= 0.3 is 0 Å². The molecule has 4 aromatic rings. The van der Waals surface area contributed by atoms with Gasteiger partial charge in [-0.05, 0) is 31.2 Å². The number of benzene rings is 1. The second-order valence-corrected chi connectivity index (χ2v) is 6.77. The van der Waals surface area contributed by atoms with Gasteiger partial charge in [-0.1, -0.05) is 12.1 Å². The number of nitriles is 1. The fourth-order valence-electron chi connectivity index (χ4n) is 3.12. The lowest BCUT2D eigenvalue weighted by atomic mass is 9.99. The van der Waals surface area contributed by atoms with Gasteiger partial charge in [-0.25, -0.2) is 14.4 Å². The Morgan fingerprint density at radius 3 is 2.75 bits per heavy atom. The van der Waals surface area contributed by atoms with E-state index in [0.29, 0.717) is 33.8 Å². The first-order valence-electron chi connectivity index (χ1n) is 9.46. The van der Waals surface area contributed by atoms with Crippen molar-refractivity contribution in [3.63, 3.8) is 0 Å². The van der Waals surface area contributed by atoms with E-state index in [4.69, 9.17) is 15.9 Å². The molecule has 0 unspecified atom stereocenters. The number of aryl methyl sites for hydroxylation is 1. The van der Waals surface area contributed by atoms with Gasteiger partial charge in [-0.15, -0.1) is 0 Å². The highest BCUT2D eigenvalue weighted by atomic mass is 19.1. The van der Waals surface area contributed by atoms with Crippen LogP contribution in [0.4, 0.5) is 21.6 Å². The van der Waals surface area contributed by atoms with Gasteiger partial charge in [0.1, 0.15) is 29.6 Å². The Hall–Kier alpha value is -4.65. The quantitative estimate of drug-likeness (QED) is 0.442. The average Bonchev–Trinajstić information content (AvgIpc) is 3.23. The molecule has 0 aliphatic heterocycles. The highest BCUT2D eigenvalue weighted by Gasteiger charge is 2.24. The number of pyridine rings is 2. The smallest absolute Gasteiger partial charge is 0.181 e. The number of oxazole rings is 1. The van der Waals surface area contributed by atoms with Crippen LogP contribution in [-0.4, -0.2) is 15.0 Å². The minimum absolute atomic E-state index is 0.0289. The Bertz CT molecular complexity index is 1370. The number of hydrogen-bond donors (Lipinski definition) is 2. The molecule has 4 N–H and O–H groups in total. The lowest BCUT2D eigenvalue weighted by molar-refractivity contribution is 0.571. The zero-order valence-corrected chi connectivity index (χ0v) is 17.0. The SMILES string of the molecule is Cc1ncoc1-c1c(-c2cccc(C#N)c2)nc(N)c(N)c1N=NCc1ncccc1F. The topological polar surface area (TPSA) is 152 Å². The van der Waals surface area contributed by atoms with Crippen molar-refractivity contribution >= 4 is 17.2 Å². The van der Waals surface area contributed by atoms with Gasteiger partial charge in [0, 0.05) is 11.8 Å². The van der Waals surface area contributed by atoms with Gasteiger partial charge in [-0.3, -0.25) is 4.98 Å². The highest BCUT2D eigenvalue weighted by Crippen LogP contribution is 2.45. The van der Waals surface area contributed by atoms with Crippen LogP contribution >= 0.6 is 0 Å². The Balaban J connectivity index is 1.91. The summed E-state index contributed by atoms with van der Waals surface area (Å²) in [6.45, 7) is 1.65. The second-order valence-electron chi connectivity index (χ2n) is 6.77. The van der Waals surface area contributed by atoms with Gasteiger partial charge in [0.05, 0.1) is 34.3 Å². The molecule has 0 saturated carbocycles. The van der Waals surface area contributed by atoms with Crippen LogP contribution in [0.1, 0.15) is 17.0 Å². The molecule has 0 spiro atoms. The van der Waals surface area contributed by atoms with Crippen molar-refractivity contribution in [1.29, 1.82) is 5.26 Å². The van der Waals surface area contributed by atoms with Crippen molar-refractivity contribution in [3.05, 3.63) is 71.8 Å². The molecule has 0 atom stereocenters. The summed E-state index contributed by atoms with van der Waals surface area (Å²) >= 11 is 0. The van der Waals surface area contributed by atoms with Crippen LogP contribution in [0.2, 0.25) is 0 Å². The zero-order valence-electron chi connectivity index (χ0n) is 17.0. The van der Waals surface area contributed by atoms with Gasteiger partial charge < -0.3 is 15.9 Å². The number of nitrogen functional groups attached to an aromatic ring is 2. The van der Waals surface area contributed by atoms with Crippen LogP contribution < -0.4 is 11.5 Å². The number of azo groups is 1. The summed E-state index contributed by atoms with van der Waals surface area (Å²) in [4.78, 5) is 12.5. The zero-order chi connectivity index (χ0) is 22.7. The molecule has 0 amide bonds. The summed E-state index contributed by atoms with van der Waals surface area (Å²) in [5.41, 5.74) is 15.1. The largest absolute Gasteiger partial charge is 0.443 e. The standard InChI is InChI=1S/C22H17FN8O/c1-12-21(32-11-28-12)17-19(14-5-2-4-13(8-14)9-24)30-22(26)18(25)20(17)31-29-10-16-15(23)6-3-7-27-16/h2-8,11H,10,25H2,1H3,(H2,26,30). The lowest BCUT2D eigenvalue weighted by Gasteiger charge is -2.14. The predicted octanol–water partition coefficient (Wildman–Crippen LogP) is 4.57. The molecular weight excluding hydrogens is 411 g/mol. The van der Waals surface area contributed by atoms with Crippen molar-refractivity contribution in [1.82, 2.24) is 15.0 Å². The molecule has 4 rings (SSSR count). The minimum atomic E-state index is -0.492. The van der Waals surface area contributed by atoms with Gasteiger partial charge in [0.2, 0.25) is 0 Å². The summed E-state index contributed by atoms with van der Waals surface area (Å²) < 4.78 is 19.5. The number of anilines is 2. The molecule has 10 heteroatoms. The third kappa shape index (κ3) is 3.87. The van der Waals surface area contributed by atoms with E-state index in [-0.39, 0.29) is 29.4 Å². The lowest BCUT2D eigenvalue weighted by Crippen LogP contribution is -2.03. The number of nitrogens with zero attached hydrogens (tertiary/aromatic N) is 6. The number of halogens is 1. The van der Waals surface area contributed by atoms with Crippen LogP contribution in [0.25, 0.3) is 22.6 Å². The van der Waals surface area contributed by atoms with Crippen LogP contribution in [0.5, 0.6) is 0 Å². The number of hydrogen-bond acceptors (Lipinski definition) is 9. The maximum absolute atomic E-state index is 13.9. The van der Waals surface area contributed by atoms with Crippen LogP contribution in [0.3, 0.4) is 0 Å². The van der Waals surface area contributed by atoms with E-state index in [9.17, 15) is 9.65 Å². The fourth-order valence-corrected chi connectivity index (χ4v) is 3.12. The molecule has 9 nitrogen and oxygen atoms in total.